The Balaban J connectivity index is 2.22. The molecule has 3 N–H and O–H groups in total. The van der Waals surface area contributed by atoms with E-state index in [1.165, 1.54) is 17.6 Å². The summed E-state index contributed by atoms with van der Waals surface area (Å²) in [4.78, 5) is 7.01. The van der Waals surface area contributed by atoms with Gasteiger partial charge in [-0.15, -0.1) is 0 Å². The minimum absolute atomic E-state index is 0.235. The normalized spacial score (nSPS) is 11.1. The predicted molar refractivity (Wildman–Crippen MR) is 61.6 cm³/mol. The molecule has 0 aliphatic heterocycles. The Bertz CT molecular complexity index is 658. The van der Waals surface area contributed by atoms with Crippen LogP contribution in [0.4, 0.5) is 10.3 Å². The van der Waals surface area contributed by atoms with E-state index in [-0.39, 0.29) is 11.8 Å². The van der Waals surface area contributed by atoms with E-state index in [2.05, 4.69) is 14.3 Å². The van der Waals surface area contributed by atoms with Crippen molar-refractivity contribution in [3.05, 3.63) is 30.1 Å². The summed E-state index contributed by atoms with van der Waals surface area (Å²) in [6.45, 7) is 0. The summed E-state index contributed by atoms with van der Waals surface area (Å²) < 4.78 is 17.3. The van der Waals surface area contributed by atoms with E-state index in [0.717, 1.165) is 11.1 Å². The molecule has 0 saturated heterocycles. The van der Waals surface area contributed by atoms with Crippen LogP contribution in [0.5, 0.6) is 0 Å². The van der Waals surface area contributed by atoms with Crippen molar-refractivity contribution in [2.75, 3.05) is 5.73 Å². The summed E-state index contributed by atoms with van der Waals surface area (Å²) in [5, 5.41) is 1.47. The zero-order valence-electron chi connectivity index (χ0n) is 8.07. The van der Waals surface area contributed by atoms with Gasteiger partial charge in [-0.1, -0.05) is 12.1 Å². The predicted octanol–water partition coefficient (Wildman–Crippen LogP) is 2.41. The summed E-state index contributed by atoms with van der Waals surface area (Å²) in [5.74, 6) is -0.0413. The van der Waals surface area contributed by atoms with Gasteiger partial charge in [0.15, 0.2) is 5.01 Å². The van der Waals surface area contributed by atoms with Gasteiger partial charge in [0.05, 0.1) is 11.2 Å². The van der Waals surface area contributed by atoms with Crippen LogP contribution >= 0.6 is 11.5 Å². The van der Waals surface area contributed by atoms with E-state index in [1.807, 2.05) is 12.1 Å². The summed E-state index contributed by atoms with van der Waals surface area (Å²) in [5.41, 5.74) is 6.65. The van der Waals surface area contributed by atoms with E-state index < -0.39 is 0 Å². The second-order valence-corrected chi connectivity index (χ2v) is 4.10. The molecule has 2 aromatic heterocycles. The van der Waals surface area contributed by atoms with E-state index >= 15 is 0 Å². The summed E-state index contributed by atoms with van der Waals surface area (Å²) in [6, 6.07) is 6.75. The third-order valence-electron chi connectivity index (χ3n) is 2.28. The number of halogens is 1. The molecule has 0 radical (unpaired) electrons. The van der Waals surface area contributed by atoms with Gasteiger partial charge in [0.1, 0.15) is 5.82 Å². The quantitative estimate of drug-likeness (QED) is 0.679. The van der Waals surface area contributed by atoms with Crippen molar-refractivity contribution in [3.63, 3.8) is 0 Å². The first-order chi connectivity index (χ1) is 7.74. The van der Waals surface area contributed by atoms with E-state index in [4.69, 9.17) is 5.73 Å². The summed E-state index contributed by atoms with van der Waals surface area (Å²) in [7, 11) is 0. The Kier molecular flexibility index (Phi) is 1.90. The molecular formula is C10H7FN4S. The minimum atomic E-state index is -0.277. The number of benzene rings is 1. The van der Waals surface area contributed by atoms with Crippen molar-refractivity contribution in [1.82, 2.24) is 14.3 Å². The van der Waals surface area contributed by atoms with Gasteiger partial charge in [0.2, 0.25) is 5.95 Å². The number of aromatic nitrogens is 3. The van der Waals surface area contributed by atoms with Crippen molar-refractivity contribution >= 4 is 28.4 Å². The fourth-order valence-electron chi connectivity index (χ4n) is 1.58. The molecule has 0 spiro atoms. The number of fused-ring (bicyclic) bond motifs is 1. The first-order valence-electron chi connectivity index (χ1n) is 4.61. The largest absolute Gasteiger partial charge is 0.367 e. The van der Waals surface area contributed by atoms with E-state index in [9.17, 15) is 4.39 Å². The summed E-state index contributed by atoms with van der Waals surface area (Å²) >= 11 is 1.18. The zero-order chi connectivity index (χ0) is 11.1. The maximum Gasteiger partial charge on any atom is 0.232 e. The number of nitrogen functional groups attached to an aromatic ring is 1. The highest BCUT2D eigenvalue weighted by Gasteiger charge is 2.09. The fourth-order valence-corrected chi connectivity index (χ4v) is 2.14. The van der Waals surface area contributed by atoms with Crippen molar-refractivity contribution in [1.29, 1.82) is 0 Å². The van der Waals surface area contributed by atoms with Gasteiger partial charge < -0.3 is 10.7 Å². The molecule has 6 heteroatoms. The maximum atomic E-state index is 13.4. The first kappa shape index (κ1) is 9.29. The van der Waals surface area contributed by atoms with Gasteiger partial charge in [-0.05, 0) is 23.7 Å². The number of para-hydroxylation sites is 1. The molecule has 4 nitrogen and oxygen atoms in total. The zero-order valence-corrected chi connectivity index (χ0v) is 8.88. The van der Waals surface area contributed by atoms with Crippen LogP contribution in [0.25, 0.3) is 21.6 Å². The molecule has 3 aromatic rings. The number of hydrogen-bond acceptors (Lipinski definition) is 4. The Morgan fingerprint density at radius 2 is 2.25 bits per heavy atom. The highest BCUT2D eigenvalue weighted by molar-refractivity contribution is 7.09. The Morgan fingerprint density at radius 3 is 2.94 bits per heavy atom. The third kappa shape index (κ3) is 1.35. The second kappa shape index (κ2) is 3.28. The van der Waals surface area contributed by atoms with Crippen molar-refractivity contribution in [2.45, 2.75) is 0 Å². The number of nitrogens with two attached hydrogens (primary N) is 1. The molecule has 16 heavy (non-hydrogen) atoms. The topological polar surface area (TPSA) is 67.6 Å². The number of anilines is 1. The SMILES string of the molecule is Nc1nsc(-c2cc3cccc(F)c3[nH]2)n1. The number of rotatable bonds is 1. The molecule has 0 unspecified atom stereocenters. The Morgan fingerprint density at radius 1 is 1.38 bits per heavy atom. The highest BCUT2D eigenvalue weighted by Crippen LogP contribution is 2.26. The van der Waals surface area contributed by atoms with E-state index in [1.54, 1.807) is 6.07 Å². The molecule has 3 rings (SSSR count). The lowest BCUT2D eigenvalue weighted by molar-refractivity contribution is 0.637. The van der Waals surface area contributed by atoms with Crippen molar-refractivity contribution in [3.8, 4) is 10.7 Å². The Labute approximate surface area is 94.1 Å². The van der Waals surface area contributed by atoms with Crippen molar-refractivity contribution < 1.29 is 4.39 Å². The molecule has 0 bridgehead atoms. The lowest BCUT2D eigenvalue weighted by atomic mass is 10.2. The smallest absolute Gasteiger partial charge is 0.232 e. The average Bonchev–Trinajstić information content (AvgIpc) is 2.84. The van der Waals surface area contributed by atoms with Crippen LogP contribution in [0.2, 0.25) is 0 Å². The average molecular weight is 234 g/mol. The fraction of sp³-hybridized carbons (Fsp3) is 0. The van der Waals surface area contributed by atoms with Crippen LogP contribution in [0.3, 0.4) is 0 Å². The molecule has 0 fully saturated rings. The van der Waals surface area contributed by atoms with Crippen LogP contribution in [0.1, 0.15) is 0 Å². The standard InChI is InChI=1S/C10H7FN4S/c11-6-3-1-2-5-4-7(13-8(5)6)9-14-10(12)15-16-9/h1-4,13H,(H2,12,15). The van der Waals surface area contributed by atoms with Gasteiger partial charge in [-0.2, -0.15) is 9.36 Å². The molecule has 0 aliphatic rings. The summed E-state index contributed by atoms with van der Waals surface area (Å²) in [6.07, 6.45) is 0. The highest BCUT2D eigenvalue weighted by atomic mass is 32.1. The molecule has 2 heterocycles. The van der Waals surface area contributed by atoms with Crippen LogP contribution in [0, 0.1) is 5.82 Å². The van der Waals surface area contributed by atoms with Crippen molar-refractivity contribution in [2.24, 2.45) is 0 Å². The van der Waals surface area contributed by atoms with Gasteiger partial charge in [0.25, 0.3) is 0 Å². The van der Waals surface area contributed by atoms with E-state index in [0.29, 0.717) is 10.5 Å². The monoisotopic (exact) mass is 234 g/mol. The number of nitrogens with zero attached hydrogens (tertiary/aromatic N) is 2. The molecule has 0 amide bonds. The van der Waals surface area contributed by atoms with Crippen LogP contribution in [-0.2, 0) is 0 Å². The lowest BCUT2D eigenvalue weighted by Gasteiger charge is -1.89. The van der Waals surface area contributed by atoms with Gasteiger partial charge >= 0.3 is 0 Å². The minimum Gasteiger partial charge on any atom is -0.367 e. The molecule has 1 aromatic carbocycles. The molecule has 80 valence electrons. The number of nitrogens with one attached hydrogen (secondary N) is 1. The van der Waals surface area contributed by atoms with Crippen LogP contribution in [0.15, 0.2) is 24.3 Å². The number of hydrogen-bond donors (Lipinski definition) is 2. The van der Waals surface area contributed by atoms with Gasteiger partial charge in [-0.3, -0.25) is 0 Å². The molecule has 0 aliphatic carbocycles. The molecule has 0 saturated carbocycles. The first-order valence-corrected chi connectivity index (χ1v) is 5.38. The second-order valence-electron chi connectivity index (χ2n) is 3.34. The maximum absolute atomic E-state index is 13.4. The van der Waals surface area contributed by atoms with Gasteiger partial charge in [-0.25, -0.2) is 4.39 Å². The third-order valence-corrected chi connectivity index (χ3v) is 3.04. The van der Waals surface area contributed by atoms with Crippen LogP contribution < -0.4 is 5.73 Å². The number of H-pyrrole nitrogens is 1. The van der Waals surface area contributed by atoms with Crippen LogP contribution in [-0.4, -0.2) is 14.3 Å². The number of aromatic amines is 1. The molecular weight excluding hydrogens is 227 g/mol. The molecule has 0 atom stereocenters. The lowest BCUT2D eigenvalue weighted by Crippen LogP contribution is -1.85. The van der Waals surface area contributed by atoms with Gasteiger partial charge in [0, 0.05) is 5.39 Å². The Hall–Kier alpha value is -1.95.